The second-order valence-electron chi connectivity index (χ2n) is 5.13. The number of rotatable bonds is 3. The molecule has 0 saturated carbocycles. The highest BCUT2D eigenvalue weighted by Crippen LogP contribution is 2.23. The fourth-order valence-electron chi connectivity index (χ4n) is 2.34. The van der Waals surface area contributed by atoms with Crippen LogP contribution in [0.5, 0.6) is 0 Å². The van der Waals surface area contributed by atoms with Crippen LogP contribution in [-0.2, 0) is 6.54 Å². The lowest BCUT2D eigenvalue weighted by atomic mass is 10.0. The fourth-order valence-corrected chi connectivity index (χ4v) is 2.34. The Hall–Kier alpha value is -2.82. The number of hydrogen-bond acceptors (Lipinski definition) is 4. The molecule has 2 aromatic heterocycles. The molecule has 2 heterocycles. The van der Waals surface area contributed by atoms with Gasteiger partial charge in [-0.3, -0.25) is 4.79 Å². The van der Waals surface area contributed by atoms with Gasteiger partial charge in [-0.15, -0.1) is 0 Å². The Morgan fingerprint density at radius 1 is 1.23 bits per heavy atom. The van der Waals surface area contributed by atoms with Gasteiger partial charge in [0, 0.05) is 18.0 Å². The minimum absolute atomic E-state index is 0.226. The van der Waals surface area contributed by atoms with E-state index >= 15 is 0 Å². The van der Waals surface area contributed by atoms with Crippen LogP contribution in [0.15, 0.2) is 50.2 Å². The molecule has 0 atom stereocenters. The van der Waals surface area contributed by atoms with Gasteiger partial charge in [0.25, 0.3) is 5.91 Å². The Kier molecular flexibility index (Phi) is 3.55. The molecule has 0 saturated heterocycles. The molecule has 22 heavy (non-hydrogen) atoms. The van der Waals surface area contributed by atoms with Crippen molar-refractivity contribution < 1.29 is 13.6 Å². The van der Waals surface area contributed by atoms with Gasteiger partial charge in [-0.1, -0.05) is 12.1 Å². The molecular weight excluding hydrogens is 282 g/mol. The van der Waals surface area contributed by atoms with E-state index in [0.717, 1.165) is 16.5 Å². The summed E-state index contributed by atoms with van der Waals surface area (Å²) < 4.78 is 10.3. The van der Waals surface area contributed by atoms with Crippen molar-refractivity contribution in [3.8, 4) is 0 Å². The van der Waals surface area contributed by atoms with Gasteiger partial charge in [-0.2, -0.15) is 0 Å². The Morgan fingerprint density at radius 3 is 2.77 bits per heavy atom. The van der Waals surface area contributed by atoms with Crippen molar-refractivity contribution >= 4 is 16.9 Å². The predicted molar refractivity (Wildman–Crippen MR) is 81.8 cm³/mol. The number of furan rings is 1. The zero-order valence-corrected chi connectivity index (χ0v) is 12.3. The summed E-state index contributed by atoms with van der Waals surface area (Å²) in [6, 6.07) is 8.50. The second kappa shape index (κ2) is 5.52. The molecule has 0 bridgehead atoms. The Morgan fingerprint density at radius 2 is 2.05 bits per heavy atom. The molecule has 0 fully saturated rings. The summed E-state index contributed by atoms with van der Waals surface area (Å²) in [7, 11) is 0. The third kappa shape index (κ3) is 2.53. The van der Waals surface area contributed by atoms with Crippen molar-refractivity contribution in [1.29, 1.82) is 0 Å². The van der Waals surface area contributed by atoms with Crippen LogP contribution in [0.1, 0.15) is 27.2 Å². The average Bonchev–Trinajstić information content (AvgIpc) is 3.03. The molecule has 0 spiro atoms. The van der Waals surface area contributed by atoms with Crippen LogP contribution < -0.4 is 10.9 Å². The Bertz CT molecular complexity index is 891. The van der Waals surface area contributed by atoms with Crippen LogP contribution in [0.3, 0.4) is 0 Å². The van der Waals surface area contributed by atoms with Crippen molar-refractivity contribution in [2.75, 3.05) is 0 Å². The van der Waals surface area contributed by atoms with Crippen molar-refractivity contribution in [2.24, 2.45) is 0 Å². The van der Waals surface area contributed by atoms with Crippen LogP contribution in [0, 0.1) is 13.8 Å². The van der Waals surface area contributed by atoms with Gasteiger partial charge >= 0.3 is 5.63 Å². The van der Waals surface area contributed by atoms with Crippen LogP contribution in [0.4, 0.5) is 0 Å². The summed E-state index contributed by atoms with van der Waals surface area (Å²) in [5.41, 5.74) is 2.83. The van der Waals surface area contributed by atoms with Gasteiger partial charge in [-0.05, 0) is 42.7 Å². The molecule has 0 aliphatic carbocycles. The topological polar surface area (TPSA) is 72.5 Å². The van der Waals surface area contributed by atoms with E-state index in [1.165, 1.54) is 12.3 Å². The summed E-state index contributed by atoms with van der Waals surface area (Å²) in [5.74, 6) is -0.0884. The summed E-state index contributed by atoms with van der Waals surface area (Å²) in [5, 5.41) is 3.56. The Balaban J connectivity index is 1.95. The first-order valence-electron chi connectivity index (χ1n) is 6.91. The van der Waals surface area contributed by atoms with E-state index in [2.05, 4.69) is 5.32 Å². The second-order valence-corrected chi connectivity index (χ2v) is 5.13. The number of nitrogens with one attached hydrogen (secondary N) is 1. The third-order valence-corrected chi connectivity index (χ3v) is 3.70. The van der Waals surface area contributed by atoms with E-state index in [1.54, 1.807) is 12.1 Å². The molecule has 0 aliphatic rings. The molecule has 5 nitrogen and oxygen atoms in total. The molecule has 5 heteroatoms. The number of fused-ring (bicyclic) bond motifs is 1. The molecule has 0 unspecified atom stereocenters. The summed E-state index contributed by atoms with van der Waals surface area (Å²) >= 11 is 0. The molecule has 0 radical (unpaired) electrons. The monoisotopic (exact) mass is 297 g/mol. The number of hydrogen-bond donors (Lipinski definition) is 1. The summed E-state index contributed by atoms with van der Waals surface area (Å²) in [4.78, 5) is 23.7. The van der Waals surface area contributed by atoms with E-state index in [-0.39, 0.29) is 18.2 Å². The molecular formula is C17H15NO4. The Labute approximate surface area is 126 Å². The highest BCUT2D eigenvalue weighted by Gasteiger charge is 2.12. The SMILES string of the molecule is Cc1ccc2c(CNC(=O)c3ccco3)cc(=O)oc2c1C. The van der Waals surface area contributed by atoms with Crippen molar-refractivity contribution in [2.45, 2.75) is 20.4 Å². The standard InChI is InChI=1S/C17H15NO4/c1-10-5-6-13-12(8-15(19)22-16(13)11(10)2)9-18-17(20)14-4-3-7-21-14/h3-8H,9H2,1-2H3,(H,18,20). The van der Waals surface area contributed by atoms with E-state index in [0.29, 0.717) is 11.1 Å². The highest BCUT2D eigenvalue weighted by atomic mass is 16.4. The van der Waals surface area contributed by atoms with Crippen LogP contribution in [-0.4, -0.2) is 5.91 Å². The minimum atomic E-state index is -0.427. The van der Waals surface area contributed by atoms with Crippen LogP contribution in [0.25, 0.3) is 11.0 Å². The van der Waals surface area contributed by atoms with Crippen molar-refractivity contribution in [3.05, 3.63) is 69.5 Å². The molecule has 1 aromatic carbocycles. The van der Waals surface area contributed by atoms with Gasteiger partial charge < -0.3 is 14.2 Å². The molecule has 1 amide bonds. The first-order chi connectivity index (χ1) is 10.6. The number of aryl methyl sites for hydroxylation is 2. The van der Waals surface area contributed by atoms with E-state index in [9.17, 15) is 9.59 Å². The maximum Gasteiger partial charge on any atom is 0.336 e. The number of amides is 1. The zero-order valence-electron chi connectivity index (χ0n) is 12.3. The molecule has 0 aliphatic heterocycles. The maximum absolute atomic E-state index is 11.9. The van der Waals surface area contributed by atoms with E-state index in [4.69, 9.17) is 8.83 Å². The largest absolute Gasteiger partial charge is 0.459 e. The lowest BCUT2D eigenvalue weighted by molar-refractivity contribution is 0.0923. The quantitative estimate of drug-likeness (QED) is 0.754. The molecule has 3 aromatic rings. The van der Waals surface area contributed by atoms with Crippen molar-refractivity contribution in [3.63, 3.8) is 0 Å². The fraction of sp³-hybridized carbons (Fsp3) is 0.176. The van der Waals surface area contributed by atoms with Crippen LogP contribution >= 0.6 is 0 Å². The first-order valence-corrected chi connectivity index (χ1v) is 6.91. The predicted octanol–water partition coefficient (Wildman–Crippen LogP) is 2.93. The average molecular weight is 297 g/mol. The molecule has 1 N–H and O–H groups in total. The van der Waals surface area contributed by atoms with Gasteiger partial charge in [-0.25, -0.2) is 4.79 Å². The zero-order chi connectivity index (χ0) is 15.7. The van der Waals surface area contributed by atoms with Crippen LogP contribution in [0.2, 0.25) is 0 Å². The minimum Gasteiger partial charge on any atom is -0.459 e. The first kappa shape index (κ1) is 14.1. The third-order valence-electron chi connectivity index (χ3n) is 3.70. The van der Waals surface area contributed by atoms with Gasteiger partial charge in [0.1, 0.15) is 5.58 Å². The summed E-state index contributed by atoms with van der Waals surface area (Å²) in [6.45, 7) is 4.09. The van der Waals surface area contributed by atoms with Gasteiger partial charge in [0.15, 0.2) is 5.76 Å². The number of carbonyl (C=O) groups excluding carboxylic acids is 1. The van der Waals surface area contributed by atoms with Gasteiger partial charge in [0.05, 0.1) is 6.26 Å². The number of benzene rings is 1. The van der Waals surface area contributed by atoms with E-state index < -0.39 is 5.63 Å². The molecule has 3 rings (SSSR count). The van der Waals surface area contributed by atoms with Gasteiger partial charge in [0.2, 0.25) is 0 Å². The normalized spacial score (nSPS) is 10.8. The lowest BCUT2D eigenvalue weighted by Gasteiger charge is -2.09. The summed E-state index contributed by atoms with van der Waals surface area (Å²) in [6.07, 6.45) is 1.44. The smallest absolute Gasteiger partial charge is 0.336 e. The van der Waals surface area contributed by atoms with Crippen molar-refractivity contribution in [1.82, 2.24) is 5.32 Å². The molecule has 112 valence electrons. The highest BCUT2D eigenvalue weighted by molar-refractivity contribution is 5.91. The number of carbonyl (C=O) groups is 1. The lowest BCUT2D eigenvalue weighted by Crippen LogP contribution is -2.23. The maximum atomic E-state index is 11.9. The van der Waals surface area contributed by atoms with E-state index in [1.807, 2.05) is 26.0 Å².